The van der Waals surface area contributed by atoms with Crippen LogP contribution in [0.4, 0.5) is 0 Å². The number of benzene rings is 2. The topological polar surface area (TPSA) is 49.9 Å². The van der Waals surface area contributed by atoms with Crippen LogP contribution in [0.15, 0.2) is 60.7 Å². The molecule has 1 aliphatic heterocycles. The fraction of sp³-hybridized carbons (Fsp3) is 0.462. The molecule has 0 bridgehead atoms. The maximum atomic E-state index is 13.5. The zero-order valence-electron chi connectivity index (χ0n) is 18.3. The van der Waals surface area contributed by atoms with E-state index in [0.29, 0.717) is 31.3 Å². The number of amides is 2. The Morgan fingerprint density at radius 2 is 1.58 bits per heavy atom. The number of piperidine rings is 1. The third-order valence-corrected chi connectivity index (χ3v) is 6.58. The monoisotopic (exact) mass is 420 g/mol. The summed E-state index contributed by atoms with van der Waals surface area (Å²) in [6.45, 7) is 4.13. The summed E-state index contributed by atoms with van der Waals surface area (Å²) in [6, 6.07) is 19.9. The summed E-state index contributed by atoms with van der Waals surface area (Å²) in [7, 11) is 0. The van der Waals surface area contributed by atoms with Gasteiger partial charge in [-0.25, -0.2) is 0 Å². The van der Waals surface area contributed by atoms with Gasteiger partial charge in [0.05, 0.1) is 0 Å². The Hall–Kier alpha value is -2.82. The molecular weight excluding hydrogens is 388 g/mol. The van der Waals surface area contributed by atoms with Crippen LogP contribution < -0.4 is 4.74 Å². The van der Waals surface area contributed by atoms with Gasteiger partial charge in [0.2, 0.25) is 5.91 Å². The van der Waals surface area contributed by atoms with Gasteiger partial charge in [-0.1, -0.05) is 48.5 Å². The average molecular weight is 421 g/mol. The highest BCUT2D eigenvalue weighted by atomic mass is 16.5. The lowest BCUT2D eigenvalue weighted by molar-refractivity contribution is -0.143. The molecule has 2 aliphatic rings. The van der Waals surface area contributed by atoms with Crippen molar-refractivity contribution in [2.24, 2.45) is 11.8 Å². The fourth-order valence-electron chi connectivity index (χ4n) is 4.40. The first-order valence-electron chi connectivity index (χ1n) is 11.4. The van der Waals surface area contributed by atoms with E-state index in [1.807, 2.05) is 53.4 Å². The van der Waals surface area contributed by atoms with Crippen LogP contribution in [0.5, 0.6) is 5.75 Å². The summed E-state index contributed by atoms with van der Waals surface area (Å²) in [5.41, 5.74) is 1.18. The first-order chi connectivity index (χ1) is 15.1. The third kappa shape index (κ3) is 5.66. The molecule has 0 radical (unpaired) electrons. The minimum absolute atomic E-state index is 0.0102. The molecule has 1 saturated carbocycles. The summed E-state index contributed by atoms with van der Waals surface area (Å²) in [5.74, 6) is 1.55. The number of nitrogens with zero attached hydrogens (tertiary/aromatic N) is 2. The van der Waals surface area contributed by atoms with E-state index in [1.165, 1.54) is 18.4 Å². The van der Waals surface area contributed by atoms with Crippen LogP contribution >= 0.6 is 0 Å². The van der Waals surface area contributed by atoms with Gasteiger partial charge in [-0.3, -0.25) is 9.59 Å². The lowest BCUT2D eigenvalue weighted by Gasteiger charge is -2.37. The molecule has 1 unspecified atom stereocenters. The molecule has 2 aromatic rings. The van der Waals surface area contributed by atoms with E-state index in [9.17, 15) is 9.59 Å². The molecule has 2 aromatic carbocycles. The average Bonchev–Trinajstić information content (AvgIpc) is 3.67. The first kappa shape index (κ1) is 21.4. The molecule has 1 saturated heterocycles. The molecular formula is C26H32N2O3. The minimum atomic E-state index is -0.0118. The molecule has 1 heterocycles. The molecule has 1 aliphatic carbocycles. The highest BCUT2D eigenvalue weighted by Crippen LogP contribution is 2.37. The van der Waals surface area contributed by atoms with Crippen LogP contribution in [0, 0.1) is 11.8 Å². The van der Waals surface area contributed by atoms with Crippen molar-refractivity contribution in [3.05, 3.63) is 66.2 Å². The fourth-order valence-corrected chi connectivity index (χ4v) is 4.40. The van der Waals surface area contributed by atoms with Crippen LogP contribution in [0.25, 0.3) is 0 Å². The molecule has 1 atom stereocenters. The predicted molar refractivity (Wildman–Crippen MR) is 120 cm³/mol. The number of hydrogen-bond acceptors (Lipinski definition) is 3. The summed E-state index contributed by atoms with van der Waals surface area (Å²) >= 11 is 0. The Morgan fingerprint density at radius 1 is 0.968 bits per heavy atom. The van der Waals surface area contributed by atoms with Gasteiger partial charge < -0.3 is 14.5 Å². The number of para-hydroxylation sites is 1. The lowest BCUT2D eigenvalue weighted by atomic mass is 9.94. The molecule has 0 aromatic heterocycles. The standard InChI is InChI=1S/C26H32N2O3/c1-20(22-12-13-22)28(18-21-8-4-2-5-9-21)26(30)23-14-16-27(17-15-23)25(29)19-31-24-10-6-3-7-11-24/h2-11,20,22-23H,12-19H2,1H3. The van der Waals surface area contributed by atoms with Crippen molar-refractivity contribution in [1.82, 2.24) is 9.80 Å². The summed E-state index contributed by atoms with van der Waals surface area (Å²) in [6.07, 6.45) is 3.87. The van der Waals surface area contributed by atoms with Crippen LogP contribution in [-0.2, 0) is 16.1 Å². The van der Waals surface area contributed by atoms with Crippen molar-refractivity contribution in [1.29, 1.82) is 0 Å². The van der Waals surface area contributed by atoms with Crippen molar-refractivity contribution in [3.63, 3.8) is 0 Å². The zero-order valence-corrected chi connectivity index (χ0v) is 18.3. The van der Waals surface area contributed by atoms with E-state index in [-0.39, 0.29) is 30.4 Å². The number of ether oxygens (including phenoxy) is 1. The van der Waals surface area contributed by atoms with E-state index in [0.717, 1.165) is 12.8 Å². The van der Waals surface area contributed by atoms with E-state index < -0.39 is 0 Å². The molecule has 31 heavy (non-hydrogen) atoms. The molecule has 2 amide bonds. The molecule has 2 fully saturated rings. The van der Waals surface area contributed by atoms with Gasteiger partial charge in [-0.05, 0) is 56.2 Å². The largest absolute Gasteiger partial charge is 0.484 e. The Bertz CT molecular complexity index is 859. The van der Waals surface area contributed by atoms with Crippen molar-refractivity contribution < 1.29 is 14.3 Å². The van der Waals surface area contributed by atoms with Crippen molar-refractivity contribution in [2.75, 3.05) is 19.7 Å². The summed E-state index contributed by atoms with van der Waals surface area (Å²) < 4.78 is 5.60. The number of carbonyl (C=O) groups excluding carboxylic acids is 2. The number of hydrogen-bond donors (Lipinski definition) is 0. The van der Waals surface area contributed by atoms with Crippen molar-refractivity contribution in [2.45, 2.75) is 45.2 Å². The van der Waals surface area contributed by atoms with E-state index in [4.69, 9.17) is 4.74 Å². The Balaban J connectivity index is 1.31. The smallest absolute Gasteiger partial charge is 0.260 e. The zero-order chi connectivity index (χ0) is 21.6. The van der Waals surface area contributed by atoms with E-state index in [2.05, 4.69) is 24.0 Å². The molecule has 5 nitrogen and oxygen atoms in total. The second-order valence-corrected chi connectivity index (χ2v) is 8.79. The highest BCUT2D eigenvalue weighted by molar-refractivity contribution is 5.81. The maximum Gasteiger partial charge on any atom is 0.260 e. The second kappa shape index (κ2) is 9.99. The summed E-state index contributed by atoms with van der Waals surface area (Å²) in [5, 5.41) is 0. The summed E-state index contributed by atoms with van der Waals surface area (Å²) in [4.78, 5) is 29.9. The Morgan fingerprint density at radius 3 is 2.19 bits per heavy atom. The molecule has 164 valence electrons. The van der Waals surface area contributed by atoms with Gasteiger partial charge in [0.1, 0.15) is 5.75 Å². The molecule has 4 rings (SSSR count). The number of likely N-dealkylation sites (tertiary alicyclic amines) is 1. The minimum Gasteiger partial charge on any atom is -0.484 e. The quantitative estimate of drug-likeness (QED) is 0.645. The second-order valence-electron chi connectivity index (χ2n) is 8.79. The number of rotatable bonds is 8. The maximum absolute atomic E-state index is 13.5. The third-order valence-electron chi connectivity index (χ3n) is 6.58. The van der Waals surface area contributed by atoms with Gasteiger partial charge >= 0.3 is 0 Å². The predicted octanol–water partition coefficient (Wildman–Crippen LogP) is 4.13. The van der Waals surface area contributed by atoms with E-state index in [1.54, 1.807) is 0 Å². The SMILES string of the molecule is CC(C1CC1)N(Cc1ccccc1)C(=O)C1CCN(C(=O)COc2ccccc2)CC1. The van der Waals surface area contributed by atoms with Gasteiger partial charge in [0.15, 0.2) is 6.61 Å². The molecule has 5 heteroatoms. The lowest BCUT2D eigenvalue weighted by Crippen LogP contribution is -2.48. The van der Waals surface area contributed by atoms with Crippen LogP contribution in [0.2, 0.25) is 0 Å². The molecule has 0 N–H and O–H groups in total. The Labute approximate surface area is 185 Å². The number of carbonyl (C=O) groups is 2. The van der Waals surface area contributed by atoms with Gasteiger partial charge in [-0.15, -0.1) is 0 Å². The highest BCUT2D eigenvalue weighted by Gasteiger charge is 2.37. The first-order valence-corrected chi connectivity index (χ1v) is 11.4. The van der Waals surface area contributed by atoms with Crippen molar-refractivity contribution in [3.8, 4) is 5.75 Å². The van der Waals surface area contributed by atoms with Crippen molar-refractivity contribution >= 4 is 11.8 Å². The van der Waals surface area contributed by atoms with Crippen LogP contribution in [-0.4, -0.2) is 47.4 Å². The normalized spacial score (nSPS) is 17.8. The van der Waals surface area contributed by atoms with Gasteiger partial charge in [0, 0.05) is 31.6 Å². The molecule has 0 spiro atoms. The van der Waals surface area contributed by atoms with Gasteiger partial charge in [-0.2, -0.15) is 0 Å². The van der Waals surface area contributed by atoms with Crippen LogP contribution in [0.1, 0.15) is 38.2 Å². The van der Waals surface area contributed by atoms with Gasteiger partial charge in [0.25, 0.3) is 5.91 Å². The Kier molecular flexibility index (Phi) is 6.90. The van der Waals surface area contributed by atoms with Crippen LogP contribution in [0.3, 0.4) is 0 Å². The van der Waals surface area contributed by atoms with E-state index >= 15 is 0 Å².